The average Bonchev–Trinajstić information content (AvgIpc) is 3.24. The maximum Gasteiger partial charge on any atom is 0.273 e. The number of nitrogens with zero attached hydrogens (tertiary/aromatic N) is 4. The topological polar surface area (TPSA) is 78.4 Å². The molecule has 0 radical (unpaired) electrons. The largest absolute Gasteiger partial charge is 0.364 e. The van der Waals surface area contributed by atoms with Gasteiger partial charge in [0.05, 0.1) is 18.4 Å². The fraction of sp³-hybridized carbons (Fsp3) is 0.400. The number of hydrogen-bond acceptors (Lipinski definition) is 5. The van der Waals surface area contributed by atoms with Crippen LogP contribution in [-0.4, -0.2) is 64.3 Å². The van der Waals surface area contributed by atoms with Crippen molar-refractivity contribution in [3.63, 3.8) is 0 Å². The predicted octanol–water partition coefficient (Wildman–Crippen LogP) is 1.36. The highest BCUT2D eigenvalue weighted by Crippen LogP contribution is 2.28. The summed E-state index contributed by atoms with van der Waals surface area (Å²) in [5.41, 5.74) is 2.97. The third-order valence-corrected chi connectivity index (χ3v) is 5.24. The van der Waals surface area contributed by atoms with Gasteiger partial charge >= 0.3 is 0 Å². The highest BCUT2D eigenvalue weighted by Gasteiger charge is 2.37. The fourth-order valence-corrected chi connectivity index (χ4v) is 3.91. The molecule has 2 amide bonds. The molecule has 0 bridgehead atoms. The second-order valence-corrected chi connectivity index (χ2v) is 7.41. The molecule has 7 heteroatoms. The maximum absolute atomic E-state index is 12.6. The average molecular weight is 365 g/mol. The van der Waals surface area contributed by atoms with Gasteiger partial charge in [-0.1, -0.05) is 24.3 Å². The van der Waals surface area contributed by atoms with Gasteiger partial charge in [0.15, 0.2) is 0 Å². The van der Waals surface area contributed by atoms with E-state index in [1.54, 1.807) is 20.3 Å². The summed E-state index contributed by atoms with van der Waals surface area (Å²) < 4.78 is 0. The highest BCUT2D eigenvalue weighted by atomic mass is 16.2. The van der Waals surface area contributed by atoms with Crippen LogP contribution in [0.25, 0.3) is 0 Å². The number of nitrogens with one attached hydrogen (secondary N) is 1. The Hall–Kier alpha value is -2.96. The van der Waals surface area contributed by atoms with Crippen LogP contribution in [0.15, 0.2) is 36.7 Å². The number of carbonyl (C=O) groups excluding carboxylic acids is 2. The molecule has 1 aromatic heterocycles. The van der Waals surface area contributed by atoms with Crippen LogP contribution in [0.4, 0.5) is 5.82 Å². The van der Waals surface area contributed by atoms with E-state index in [-0.39, 0.29) is 29.6 Å². The Bertz CT molecular complexity index is 857. The van der Waals surface area contributed by atoms with Crippen molar-refractivity contribution in [3.05, 3.63) is 53.5 Å². The van der Waals surface area contributed by atoms with E-state index >= 15 is 0 Å². The first-order chi connectivity index (χ1) is 13.0. The Morgan fingerprint density at radius 1 is 1.15 bits per heavy atom. The minimum Gasteiger partial charge on any atom is -0.364 e. The first-order valence-electron chi connectivity index (χ1n) is 9.17. The standard InChI is InChI=1S/C20H23N5O2/c1-24(2)20(27)17-10-21-11-18(23-17)22-15-9-19(26)25(12-15)16-7-13-5-3-4-6-14(13)8-16/h3-6,10-11,15-16H,7-9,12H2,1-2H3,(H,22,23). The first kappa shape index (κ1) is 17.5. The number of amides is 2. The van der Waals surface area contributed by atoms with E-state index in [1.807, 2.05) is 4.90 Å². The highest BCUT2D eigenvalue weighted by molar-refractivity contribution is 5.92. The first-order valence-corrected chi connectivity index (χ1v) is 9.17. The van der Waals surface area contributed by atoms with E-state index in [1.165, 1.54) is 22.2 Å². The van der Waals surface area contributed by atoms with Gasteiger partial charge in [-0.05, 0) is 24.0 Å². The lowest BCUT2D eigenvalue weighted by Crippen LogP contribution is -2.38. The van der Waals surface area contributed by atoms with Gasteiger partial charge in [0.2, 0.25) is 5.91 Å². The predicted molar refractivity (Wildman–Crippen MR) is 101 cm³/mol. The van der Waals surface area contributed by atoms with Gasteiger partial charge in [0, 0.05) is 33.1 Å². The quantitative estimate of drug-likeness (QED) is 0.885. The second-order valence-electron chi connectivity index (χ2n) is 7.41. The molecule has 27 heavy (non-hydrogen) atoms. The van der Waals surface area contributed by atoms with Crippen LogP contribution < -0.4 is 5.32 Å². The second kappa shape index (κ2) is 6.98. The summed E-state index contributed by atoms with van der Waals surface area (Å²) in [6.45, 7) is 0.644. The zero-order chi connectivity index (χ0) is 19.0. The number of benzene rings is 1. The van der Waals surface area contributed by atoms with Gasteiger partial charge in [-0.25, -0.2) is 4.98 Å². The Balaban J connectivity index is 1.42. The minimum absolute atomic E-state index is 0.0276. The van der Waals surface area contributed by atoms with E-state index in [9.17, 15) is 9.59 Å². The van der Waals surface area contributed by atoms with Crippen LogP contribution >= 0.6 is 0 Å². The van der Waals surface area contributed by atoms with Crippen molar-refractivity contribution in [3.8, 4) is 0 Å². The van der Waals surface area contributed by atoms with Crippen LogP contribution in [0.5, 0.6) is 0 Å². The molecule has 1 saturated heterocycles. The summed E-state index contributed by atoms with van der Waals surface area (Å²) in [6.07, 6.45) is 5.31. The molecule has 1 aromatic carbocycles. The Kier molecular flexibility index (Phi) is 4.51. The number of aromatic nitrogens is 2. The summed E-state index contributed by atoms with van der Waals surface area (Å²) in [4.78, 5) is 36.5. The number of anilines is 1. The van der Waals surface area contributed by atoms with Crippen molar-refractivity contribution in [2.75, 3.05) is 26.0 Å². The van der Waals surface area contributed by atoms with Gasteiger partial charge < -0.3 is 15.1 Å². The molecule has 1 aliphatic carbocycles. The summed E-state index contributed by atoms with van der Waals surface area (Å²) in [7, 11) is 3.36. The smallest absolute Gasteiger partial charge is 0.273 e. The van der Waals surface area contributed by atoms with Crippen molar-refractivity contribution in [2.45, 2.75) is 31.3 Å². The Morgan fingerprint density at radius 3 is 2.52 bits per heavy atom. The molecule has 1 aliphatic heterocycles. The summed E-state index contributed by atoms with van der Waals surface area (Å²) in [6, 6.07) is 8.61. The molecule has 2 aliphatic rings. The van der Waals surface area contributed by atoms with Crippen molar-refractivity contribution < 1.29 is 9.59 Å². The number of carbonyl (C=O) groups is 2. The lowest BCUT2D eigenvalue weighted by molar-refractivity contribution is -0.129. The molecule has 1 fully saturated rings. The van der Waals surface area contributed by atoms with Crippen molar-refractivity contribution in [1.82, 2.24) is 19.8 Å². The Morgan fingerprint density at radius 2 is 1.85 bits per heavy atom. The number of fused-ring (bicyclic) bond motifs is 1. The number of hydrogen-bond donors (Lipinski definition) is 1. The summed E-state index contributed by atoms with van der Waals surface area (Å²) in [5, 5.41) is 3.27. The van der Waals surface area contributed by atoms with Gasteiger partial charge in [-0.2, -0.15) is 0 Å². The third kappa shape index (κ3) is 3.49. The lowest BCUT2D eigenvalue weighted by Gasteiger charge is -2.24. The van der Waals surface area contributed by atoms with E-state index in [4.69, 9.17) is 0 Å². The molecule has 140 valence electrons. The normalized spacial score (nSPS) is 19.3. The molecule has 1 N–H and O–H groups in total. The molecule has 1 unspecified atom stereocenters. The van der Waals surface area contributed by atoms with Gasteiger partial charge in [0.1, 0.15) is 11.5 Å². The minimum atomic E-state index is -0.195. The van der Waals surface area contributed by atoms with Crippen molar-refractivity contribution in [2.24, 2.45) is 0 Å². The van der Waals surface area contributed by atoms with E-state index in [0.717, 1.165) is 12.8 Å². The molecule has 2 heterocycles. The molecule has 1 atom stereocenters. The maximum atomic E-state index is 12.6. The zero-order valence-electron chi connectivity index (χ0n) is 15.6. The number of rotatable bonds is 4. The van der Waals surface area contributed by atoms with Gasteiger partial charge in [-0.15, -0.1) is 0 Å². The molecule has 0 spiro atoms. The third-order valence-electron chi connectivity index (χ3n) is 5.24. The van der Waals surface area contributed by atoms with E-state index < -0.39 is 0 Å². The van der Waals surface area contributed by atoms with Gasteiger partial charge in [0.25, 0.3) is 5.91 Å². The van der Waals surface area contributed by atoms with Crippen molar-refractivity contribution >= 4 is 17.6 Å². The molecule has 2 aromatic rings. The molecule has 7 nitrogen and oxygen atoms in total. The van der Waals surface area contributed by atoms with Crippen LogP contribution in [0.1, 0.15) is 28.0 Å². The van der Waals surface area contributed by atoms with E-state index in [2.05, 4.69) is 39.6 Å². The molecule has 0 saturated carbocycles. The van der Waals surface area contributed by atoms with Crippen molar-refractivity contribution in [1.29, 1.82) is 0 Å². The van der Waals surface area contributed by atoms with Crippen LogP contribution in [0.2, 0.25) is 0 Å². The van der Waals surface area contributed by atoms with Crippen LogP contribution in [0.3, 0.4) is 0 Å². The Labute approximate surface area is 158 Å². The fourth-order valence-electron chi connectivity index (χ4n) is 3.91. The zero-order valence-corrected chi connectivity index (χ0v) is 15.6. The number of likely N-dealkylation sites (tertiary alicyclic amines) is 1. The summed E-state index contributed by atoms with van der Waals surface area (Å²) in [5.74, 6) is 0.495. The molecular weight excluding hydrogens is 342 g/mol. The van der Waals surface area contributed by atoms with Gasteiger partial charge in [-0.3, -0.25) is 14.6 Å². The summed E-state index contributed by atoms with van der Waals surface area (Å²) >= 11 is 0. The molecule has 4 rings (SSSR count). The lowest BCUT2D eigenvalue weighted by atomic mass is 10.1. The van der Waals surface area contributed by atoms with Crippen LogP contribution in [-0.2, 0) is 17.6 Å². The molecular formula is C20H23N5O2. The van der Waals surface area contributed by atoms with Crippen LogP contribution in [0, 0.1) is 0 Å². The van der Waals surface area contributed by atoms with E-state index in [0.29, 0.717) is 18.8 Å². The SMILES string of the molecule is CN(C)C(=O)c1cncc(NC2CC(=O)N(C3Cc4ccccc4C3)C2)n1. The monoisotopic (exact) mass is 365 g/mol.